The van der Waals surface area contributed by atoms with E-state index in [4.69, 9.17) is 0 Å². The molecule has 0 saturated heterocycles. The number of hydrogen-bond donors (Lipinski definition) is 1. The zero-order valence-electron chi connectivity index (χ0n) is 7.55. The van der Waals surface area contributed by atoms with E-state index >= 15 is 0 Å². The summed E-state index contributed by atoms with van der Waals surface area (Å²) in [5.41, 5.74) is 0. The highest BCUT2D eigenvalue weighted by Gasteiger charge is 2.23. The molecule has 0 unspecified atom stereocenters. The van der Waals surface area contributed by atoms with Crippen LogP contribution < -0.4 is 0 Å². The molecule has 1 aliphatic rings. The first-order valence-corrected chi connectivity index (χ1v) is 5.02. The van der Waals surface area contributed by atoms with Crippen molar-refractivity contribution in [3.63, 3.8) is 0 Å². The minimum Gasteiger partial charge on any atom is -0.393 e. The Balaban J connectivity index is 2.05. The van der Waals surface area contributed by atoms with Crippen LogP contribution in [0.5, 0.6) is 0 Å². The third-order valence-electron chi connectivity index (χ3n) is 2.80. The highest BCUT2D eigenvalue weighted by molar-refractivity contribution is 4.76. The molecule has 66 valence electrons. The molecule has 1 fully saturated rings. The van der Waals surface area contributed by atoms with Crippen LogP contribution in [0.15, 0.2) is 0 Å². The fourth-order valence-electron chi connectivity index (χ4n) is 2.01. The Bertz CT molecular complexity index is 101. The summed E-state index contributed by atoms with van der Waals surface area (Å²) >= 11 is 0. The maximum absolute atomic E-state index is 9.49. The SMILES string of the molecule is CCCCC[C@@H]1CCC[C@@H]1O. The first-order chi connectivity index (χ1) is 5.34. The van der Waals surface area contributed by atoms with Crippen molar-refractivity contribution in [1.29, 1.82) is 0 Å². The molecule has 0 amide bonds. The Labute approximate surface area is 69.8 Å². The van der Waals surface area contributed by atoms with Gasteiger partial charge in [-0.05, 0) is 25.2 Å². The Morgan fingerprint density at radius 2 is 2.09 bits per heavy atom. The molecule has 0 aromatic carbocycles. The predicted molar refractivity (Wildman–Crippen MR) is 47.5 cm³/mol. The fourth-order valence-corrected chi connectivity index (χ4v) is 2.01. The van der Waals surface area contributed by atoms with Gasteiger partial charge in [-0.1, -0.05) is 32.6 Å². The Kier molecular flexibility index (Phi) is 3.92. The van der Waals surface area contributed by atoms with E-state index in [0.717, 1.165) is 6.42 Å². The van der Waals surface area contributed by atoms with Crippen molar-refractivity contribution in [2.45, 2.75) is 58.0 Å². The molecule has 0 bridgehead atoms. The van der Waals surface area contributed by atoms with E-state index in [9.17, 15) is 5.11 Å². The average molecular weight is 156 g/mol. The fraction of sp³-hybridized carbons (Fsp3) is 1.00. The van der Waals surface area contributed by atoms with E-state index in [1.807, 2.05) is 0 Å². The second-order valence-electron chi connectivity index (χ2n) is 3.75. The summed E-state index contributed by atoms with van der Waals surface area (Å²) in [6, 6.07) is 0. The summed E-state index contributed by atoms with van der Waals surface area (Å²) in [4.78, 5) is 0. The molecule has 1 rings (SSSR count). The second-order valence-corrected chi connectivity index (χ2v) is 3.75. The molecule has 1 aliphatic carbocycles. The van der Waals surface area contributed by atoms with Gasteiger partial charge in [-0.2, -0.15) is 0 Å². The van der Waals surface area contributed by atoms with E-state index in [0.29, 0.717) is 5.92 Å². The maximum Gasteiger partial charge on any atom is 0.0568 e. The standard InChI is InChI=1S/C10H20O/c1-2-3-4-6-9-7-5-8-10(9)11/h9-11H,2-8H2,1H3/t9-,10+/m1/s1. The normalized spacial score (nSPS) is 31.1. The van der Waals surface area contributed by atoms with Gasteiger partial charge in [0, 0.05) is 0 Å². The smallest absolute Gasteiger partial charge is 0.0568 e. The average Bonchev–Trinajstić information content (AvgIpc) is 2.37. The van der Waals surface area contributed by atoms with Crippen molar-refractivity contribution in [3.05, 3.63) is 0 Å². The lowest BCUT2D eigenvalue weighted by Gasteiger charge is -2.12. The van der Waals surface area contributed by atoms with Gasteiger partial charge in [0.15, 0.2) is 0 Å². The minimum absolute atomic E-state index is 0.0341. The molecule has 1 heteroatoms. The summed E-state index contributed by atoms with van der Waals surface area (Å²) in [7, 11) is 0. The van der Waals surface area contributed by atoms with Crippen molar-refractivity contribution >= 4 is 0 Å². The van der Waals surface area contributed by atoms with Gasteiger partial charge in [-0.15, -0.1) is 0 Å². The van der Waals surface area contributed by atoms with Crippen LogP contribution in [-0.4, -0.2) is 11.2 Å². The van der Waals surface area contributed by atoms with Crippen molar-refractivity contribution < 1.29 is 5.11 Å². The largest absolute Gasteiger partial charge is 0.393 e. The molecular weight excluding hydrogens is 136 g/mol. The maximum atomic E-state index is 9.49. The lowest BCUT2D eigenvalue weighted by Crippen LogP contribution is -2.12. The molecule has 0 radical (unpaired) electrons. The van der Waals surface area contributed by atoms with Crippen LogP contribution in [0.4, 0.5) is 0 Å². The summed E-state index contributed by atoms with van der Waals surface area (Å²) in [6.07, 6.45) is 8.81. The number of hydrogen-bond acceptors (Lipinski definition) is 1. The monoisotopic (exact) mass is 156 g/mol. The third-order valence-corrected chi connectivity index (χ3v) is 2.80. The molecule has 0 heterocycles. The van der Waals surface area contributed by atoms with E-state index in [2.05, 4.69) is 6.92 Å². The number of aliphatic hydroxyl groups is 1. The summed E-state index contributed by atoms with van der Waals surface area (Å²) in [5, 5.41) is 9.49. The van der Waals surface area contributed by atoms with Crippen molar-refractivity contribution in [2.24, 2.45) is 5.92 Å². The van der Waals surface area contributed by atoms with Crippen LogP contribution in [0, 0.1) is 5.92 Å². The zero-order chi connectivity index (χ0) is 8.10. The molecule has 11 heavy (non-hydrogen) atoms. The quantitative estimate of drug-likeness (QED) is 0.620. The summed E-state index contributed by atoms with van der Waals surface area (Å²) in [5.74, 6) is 0.640. The molecule has 0 aliphatic heterocycles. The minimum atomic E-state index is 0.0341. The zero-order valence-corrected chi connectivity index (χ0v) is 7.55. The Morgan fingerprint density at radius 3 is 2.64 bits per heavy atom. The lowest BCUT2D eigenvalue weighted by atomic mass is 9.98. The first kappa shape index (κ1) is 9.05. The molecule has 0 aromatic heterocycles. The molecule has 1 nitrogen and oxygen atoms in total. The van der Waals surface area contributed by atoms with Crippen molar-refractivity contribution in [2.75, 3.05) is 0 Å². The van der Waals surface area contributed by atoms with Gasteiger partial charge in [0.1, 0.15) is 0 Å². The van der Waals surface area contributed by atoms with Gasteiger partial charge in [0.05, 0.1) is 6.10 Å². The molecule has 1 N–H and O–H groups in total. The second kappa shape index (κ2) is 4.76. The van der Waals surface area contributed by atoms with Crippen molar-refractivity contribution in [3.8, 4) is 0 Å². The van der Waals surface area contributed by atoms with Crippen LogP contribution in [0.2, 0.25) is 0 Å². The van der Waals surface area contributed by atoms with Gasteiger partial charge < -0.3 is 5.11 Å². The molecule has 0 spiro atoms. The highest BCUT2D eigenvalue weighted by Crippen LogP contribution is 2.29. The lowest BCUT2D eigenvalue weighted by molar-refractivity contribution is 0.126. The molecule has 2 atom stereocenters. The van der Waals surface area contributed by atoms with Gasteiger partial charge in [-0.25, -0.2) is 0 Å². The summed E-state index contributed by atoms with van der Waals surface area (Å²) in [6.45, 7) is 2.23. The third kappa shape index (κ3) is 2.82. The van der Waals surface area contributed by atoms with Gasteiger partial charge >= 0.3 is 0 Å². The highest BCUT2D eigenvalue weighted by atomic mass is 16.3. The summed E-state index contributed by atoms with van der Waals surface area (Å²) < 4.78 is 0. The van der Waals surface area contributed by atoms with E-state index < -0.39 is 0 Å². The van der Waals surface area contributed by atoms with Crippen molar-refractivity contribution in [1.82, 2.24) is 0 Å². The number of aliphatic hydroxyl groups excluding tert-OH is 1. The van der Waals surface area contributed by atoms with Crippen LogP contribution >= 0.6 is 0 Å². The van der Waals surface area contributed by atoms with Crippen LogP contribution in [0.25, 0.3) is 0 Å². The Morgan fingerprint density at radius 1 is 1.27 bits per heavy atom. The van der Waals surface area contributed by atoms with E-state index in [1.165, 1.54) is 38.5 Å². The van der Waals surface area contributed by atoms with Gasteiger partial charge in [-0.3, -0.25) is 0 Å². The van der Waals surface area contributed by atoms with Crippen LogP contribution in [0.1, 0.15) is 51.9 Å². The van der Waals surface area contributed by atoms with E-state index in [1.54, 1.807) is 0 Å². The Hall–Kier alpha value is -0.0400. The predicted octanol–water partition coefficient (Wildman–Crippen LogP) is 2.73. The topological polar surface area (TPSA) is 20.2 Å². The first-order valence-electron chi connectivity index (χ1n) is 5.02. The molecule has 1 saturated carbocycles. The van der Waals surface area contributed by atoms with Gasteiger partial charge in [0.2, 0.25) is 0 Å². The molecular formula is C10H20O. The van der Waals surface area contributed by atoms with Crippen LogP contribution in [-0.2, 0) is 0 Å². The number of rotatable bonds is 4. The number of unbranched alkanes of at least 4 members (excludes halogenated alkanes) is 2. The van der Waals surface area contributed by atoms with E-state index in [-0.39, 0.29) is 6.10 Å². The van der Waals surface area contributed by atoms with Crippen LogP contribution in [0.3, 0.4) is 0 Å². The van der Waals surface area contributed by atoms with Gasteiger partial charge in [0.25, 0.3) is 0 Å². The molecule has 0 aromatic rings.